The van der Waals surface area contributed by atoms with Crippen molar-refractivity contribution >= 4 is 37.6 Å². The zero-order valence-corrected chi connectivity index (χ0v) is 11.7. The highest BCUT2D eigenvalue weighted by Crippen LogP contribution is 2.31. The van der Waals surface area contributed by atoms with Crippen LogP contribution in [0.5, 0.6) is 5.75 Å². The van der Waals surface area contributed by atoms with Gasteiger partial charge in [-0.15, -0.1) is 0 Å². The van der Waals surface area contributed by atoms with Crippen LogP contribution in [0, 0.1) is 6.92 Å². The Bertz CT molecular complexity index is 388. The van der Waals surface area contributed by atoms with Gasteiger partial charge in [-0.3, -0.25) is 4.79 Å². The molecule has 0 aliphatic rings. The molecule has 1 unspecified atom stereocenters. The number of Topliss-reactive ketones (excluding diaryl/α,β-unsaturated/α-hetero) is 1. The van der Waals surface area contributed by atoms with E-state index in [1.807, 2.05) is 13.8 Å². The molecule has 1 aromatic rings. The summed E-state index contributed by atoms with van der Waals surface area (Å²) >= 11 is 6.50. The van der Waals surface area contributed by atoms with E-state index in [9.17, 15) is 9.90 Å². The molecule has 0 saturated carbocycles. The fourth-order valence-corrected chi connectivity index (χ4v) is 2.10. The second-order valence-electron chi connectivity index (χ2n) is 3.38. The van der Waals surface area contributed by atoms with Crippen LogP contribution in [0.25, 0.3) is 0 Å². The van der Waals surface area contributed by atoms with E-state index in [-0.39, 0.29) is 16.4 Å². The molecule has 1 aromatic carbocycles. The van der Waals surface area contributed by atoms with E-state index in [4.69, 9.17) is 0 Å². The van der Waals surface area contributed by atoms with Crippen LogP contribution in [-0.2, 0) is 0 Å². The fraction of sp³-hybridized carbons (Fsp3) is 0.364. The number of hydrogen-bond donors (Lipinski definition) is 1. The van der Waals surface area contributed by atoms with Crippen molar-refractivity contribution in [3.05, 3.63) is 27.7 Å². The van der Waals surface area contributed by atoms with Crippen molar-refractivity contribution in [2.75, 3.05) is 0 Å². The highest BCUT2D eigenvalue weighted by atomic mass is 79.9. The molecule has 0 aliphatic carbocycles. The zero-order valence-electron chi connectivity index (χ0n) is 8.55. The predicted octanol–water partition coefficient (Wildman–Crippen LogP) is 3.82. The number of hydrogen-bond acceptors (Lipinski definition) is 2. The Morgan fingerprint density at radius 3 is 2.67 bits per heavy atom. The molecule has 0 aromatic heterocycles. The molecular weight excluding hydrogens is 324 g/mol. The van der Waals surface area contributed by atoms with E-state index < -0.39 is 0 Å². The van der Waals surface area contributed by atoms with Crippen molar-refractivity contribution in [1.29, 1.82) is 0 Å². The minimum Gasteiger partial charge on any atom is -0.506 e. The first kappa shape index (κ1) is 12.7. The molecule has 82 valence electrons. The first-order valence-corrected chi connectivity index (χ1v) is 6.35. The zero-order chi connectivity index (χ0) is 11.6. The summed E-state index contributed by atoms with van der Waals surface area (Å²) in [5, 5.41) is 9.75. The molecule has 0 aliphatic heterocycles. The minimum absolute atomic E-state index is 0.0171. The maximum absolute atomic E-state index is 11.9. The highest BCUT2D eigenvalue weighted by molar-refractivity contribution is 9.10. The molecule has 2 nitrogen and oxygen atoms in total. The van der Waals surface area contributed by atoms with Gasteiger partial charge in [-0.1, -0.05) is 22.9 Å². The van der Waals surface area contributed by atoms with Crippen LogP contribution in [0.2, 0.25) is 0 Å². The fourth-order valence-electron chi connectivity index (χ4n) is 1.28. The molecule has 1 N–H and O–H groups in total. The summed E-state index contributed by atoms with van der Waals surface area (Å²) in [7, 11) is 0. The van der Waals surface area contributed by atoms with Crippen LogP contribution in [0.1, 0.15) is 29.3 Å². The van der Waals surface area contributed by atoms with Crippen LogP contribution in [0.3, 0.4) is 0 Å². The quantitative estimate of drug-likeness (QED) is 0.673. The Balaban J connectivity index is 3.19. The minimum atomic E-state index is -0.239. The number of phenolic OH excluding ortho intramolecular Hbond substituents is 1. The van der Waals surface area contributed by atoms with Crippen molar-refractivity contribution < 1.29 is 9.90 Å². The molecule has 0 heterocycles. The third-order valence-corrected chi connectivity index (χ3v) is 3.78. The first-order valence-electron chi connectivity index (χ1n) is 4.64. The molecule has 0 bridgehead atoms. The van der Waals surface area contributed by atoms with E-state index in [0.717, 1.165) is 5.56 Å². The van der Waals surface area contributed by atoms with Gasteiger partial charge in [-0.2, -0.15) is 0 Å². The van der Waals surface area contributed by atoms with Crippen LogP contribution in [0.15, 0.2) is 16.6 Å². The molecule has 0 spiro atoms. The Morgan fingerprint density at radius 2 is 2.13 bits per heavy atom. The first-order chi connectivity index (χ1) is 6.97. The number of rotatable bonds is 3. The Kier molecular flexibility index (Phi) is 4.34. The number of carbonyl (C=O) groups excluding carboxylic acids is 1. The van der Waals surface area contributed by atoms with E-state index in [1.165, 1.54) is 0 Å². The second kappa shape index (κ2) is 5.12. The number of halogens is 2. The average molecular weight is 336 g/mol. The van der Waals surface area contributed by atoms with Crippen molar-refractivity contribution in [3.63, 3.8) is 0 Å². The maximum Gasteiger partial charge on any atom is 0.180 e. The molecule has 15 heavy (non-hydrogen) atoms. The molecule has 0 radical (unpaired) electrons. The second-order valence-corrected chi connectivity index (χ2v) is 5.34. The topological polar surface area (TPSA) is 37.3 Å². The highest BCUT2D eigenvalue weighted by Gasteiger charge is 2.20. The van der Waals surface area contributed by atoms with E-state index in [1.54, 1.807) is 12.1 Å². The molecular formula is C11H12Br2O2. The predicted molar refractivity (Wildman–Crippen MR) is 67.9 cm³/mol. The third kappa shape index (κ3) is 2.82. The summed E-state index contributed by atoms with van der Waals surface area (Å²) in [5.74, 6) is -0.0668. The number of aromatic hydroxyl groups is 1. The Morgan fingerprint density at radius 1 is 1.53 bits per heavy atom. The van der Waals surface area contributed by atoms with E-state index in [0.29, 0.717) is 16.5 Å². The Labute approximate surface area is 106 Å². The van der Waals surface area contributed by atoms with Crippen molar-refractivity contribution in [1.82, 2.24) is 0 Å². The van der Waals surface area contributed by atoms with E-state index in [2.05, 4.69) is 31.9 Å². The number of benzene rings is 1. The summed E-state index contributed by atoms with van der Waals surface area (Å²) in [4.78, 5) is 11.6. The lowest BCUT2D eigenvalue weighted by molar-refractivity contribution is 0.0987. The van der Waals surface area contributed by atoms with Crippen molar-refractivity contribution in [2.45, 2.75) is 25.1 Å². The van der Waals surface area contributed by atoms with Gasteiger partial charge in [0.1, 0.15) is 5.75 Å². The number of aryl methyl sites for hydroxylation is 1. The number of carbonyl (C=O) groups is 1. The standard InChI is InChI=1S/C11H12Br2O2/c1-3-8(12)10(14)7-4-6(2)5-9(13)11(7)15/h4-5,8,15H,3H2,1-2H3. The van der Waals surface area contributed by atoms with Crippen LogP contribution in [0.4, 0.5) is 0 Å². The lowest BCUT2D eigenvalue weighted by Gasteiger charge is -2.10. The van der Waals surface area contributed by atoms with Crippen LogP contribution < -0.4 is 0 Å². The van der Waals surface area contributed by atoms with Gasteiger partial charge in [-0.05, 0) is 47.0 Å². The largest absolute Gasteiger partial charge is 0.506 e. The number of ketones is 1. The lowest BCUT2D eigenvalue weighted by atomic mass is 10.0. The van der Waals surface area contributed by atoms with Gasteiger partial charge in [0.15, 0.2) is 5.78 Å². The van der Waals surface area contributed by atoms with Crippen LogP contribution in [-0.4, -0.2) is 15.7 Å². The van der Waals surface area contributed by atoms with Gasteiger partial charge >= 0.3 is 0 Å². The molecule has 0 fully saturated rings. The van der Waals surface area contributed by atoms with E-state index >= 15 is 0 Å². The van der Waals surface area contributed by atoms with Gasteiger partial charge in [0.25, 0.3) is 0 Å². The molecule has 4 heteroatoms. The van der Waals surface area contributed by atoms with Crippen molar-refractivity contribution in [2.24, 2.45) is 0 Å². The van der Waals surface area contributed by atoms with Gasteiger partial charge in [0.2, 0.25) is 0 Å². The molecule has 1 atom stereocenters. The summed E-state index contributed by atoms with van der Waals surface area (Å²) in [5.41, 5.74) is 1.31. The SMILES string of the molecule is CCC(Br)C(=O)c1cc(C)cc(Br)c1O. The summed E-state index contributed by atoms with van der Waals surface area (Å²) in [6.45, 7) is 3.80. The van der Waals surface area contributed by atoms with Gasteiger partial charge in [0.05, 0.1) is 14.9 Å². The number of phenols is 1. The average Bonchev–Trinajstić information content (AvgIpc) is 2.21. The molecule has 0 saturated heterocycles. The summed E-state index contributed by atoms with van der Waals surface area (Å²) < 4.78 is 0.557. The third-order valence-electron chi connectivity index (χ3n) is 2.12. The summed E-state index contributed by atoms with van der Waals surface area (Å²) in [6.07, 6.45) is 0.698. The summed E-state index contributed by atoms with van der Waals surface area (Å²) in [6, 6.07) is 3.48. The molecule has 1 rings (SSSR count). The van der Waals surface area contributed by atoms with Gasteiger partial charge in [-0.25, -0.2) is 0 Å². The molecule has 0 amide bonds. The lowest BCUT2D eigenvalue weighted by Crippen LogP contribution is -2.13. The van der Waals surface area contributed by atoms with Crippen molar-refractivity contribution in [3.8, 4) is 5.75 Å². The monoisotopic (exact) mass is 334 g/mol. The number of alkyl halides is 1. The normalized spacial score (nSPS) is 12.5. The van der Waals surface area contributed by atoms with Gasteiger partial charge in [0, 0.05) is 0 Å². The smallest absolute Gasteiger partial charge is 0.180 e. The maximum atomic E-state index is 11.9. The van der Waals surface area contributed by atoms with Crippen LogP contribution >= 0.6 is 31.9 Å². The Hall–Kier alpha value is -0.350. The van der Waals surface area contributed by atoms with Gasteiger partial charge < -0.3 is 5.11 Å².